The van der Waals surface area contributed by atoms with E-state index in [0.29, 0.717) is 0 Å². The molecule has 1 saturated carbocycles. The first-order valence-corrected chi connectivity index (χ1v) is 13.8. The Bertz CT molecular complexity index is 829. The average molecular weight is 466 g/mol. The van der Waals surface area contributed by atoms with Crippen LogP contribution in [0.25, 0.3) is 0 Å². The first kappa shape index (κ1) is 23.8. The van der Waals surface area contributed by atoms with Gasteiger partial charge in [-0.2, -0.15) is 0 Å². The lowest BCUT2D eigenvalue weighted by molar-refractivity contribution is -0.108. The molecule has 2 unspecified atom stereocenters. The summed E-state index contributed by atoms with van der Waals surface area (Å²) in [5.74, 6) is 2.57. The van der Waals surface area contributed by atoms with Crippen LogP contribution in [0.2, 0.25) is 0 Å². The summed E-state index contributed by atoms with van der Waals surface area (Å²) in [4.78, 5) is 24.5. The van der Waals surface area contributed by atoms with E-state index in [1.54, 1.807) is 0 Å². The van der Waals surface area contributed by atoms with Crippen molar-refractivity contribution in [2.45, 2.75) is 76.8 Å². The van der Waals surface area contributed by atoms with E-state index in [2.05, 4.69) is 34.2 Å². The van der Waals surface area contributed by atoms with E-state index in [-0.39, 0.29) is 6.04 Å². The maximum Gasteiger partial charge on any atom is 0.214 e. The molecule has 6 heteroatoms. The highest BCUT2D eigenvalue weighted by molar-refractivity contribution is 5.89. The van der Waals surface area contributed by atoms with Crippen LogP contribution in [0.15, 0.2) is 29.3 Å². The molecule has 1 amide bonds. The van der Waals surface area contributed by atoms with E-state index in [4.69, 9.17) is 4.99 Å². The van der Waals surface area contributed by atoms with Gasteiger partial charge < -0.3 is 20.0 Å². The second-order valence-corrected chi connectivity index (χ2v) is 11.0. The van der Waals surface area contributed by atoms with Crippen molar-refractivity contribution in [1.29, 1.82) is 0 Å². The molecule has 2 atom stereocenters. The molecule has 5 rings (SSSR count). The van der Waals surface area contributed by atoms with Crippen molar-refractivity contribution in [2.24, 2.45) is 16.8 Å². The Labute approximate surface area is 205 Å². The topological polar surface area (TPSA) is 51.2 Å². The summed E-state index contributed by atoms with van der Waals surface area (Å²) in [6.45, 7) is 8.78. The predicted octanol–water partition coefficient (Wildman–Crippen LogP) is 4.43. The Morgan fingerprint density at radius 2 is 1.62 bits per heavy atom. The number of anilines is 1. The standard InChI is InChI=1S/C28H43N5O/c1-22(32-19-23-17-29-18-24(23)20-32)30-27-11-7-8-12-28(27)33(21-34)26-13-15-31(16-14-26)25-9-5-3-2-4-6-10-25/h7-8,11-12,21,23-26,29H,2-6,9-10,13-20H2,1H3/b30-22+. The molecular weight excluding hydrogens is 422 g/mol. The lowest BCUT2D eigenvalue weighted by atomic mass is 9.93. The minimum absolute atomic E-state index is 0.260. The van der Waals surface area contributed by atoms with Gasteiger partial charge in [0.2, 0.25) is 6.41 Å². The van der Waals surface area contributed by atoms with Crippen LogP contribution in [0.3, 0.4) is 0 Å². The van der Waals surface area contributed by atoms with Crippen molar-refractivity contribution in [3.8, 4) is 0 Å². The number of piperidine rings is 1. The number of hydrogen-bond donors (Lipinski definition) is 1. The molecule has 3 aliphatic heterocycles. The number of likely N-dealkylation sites (tertiary alicyclic amines) is 2. The fourth-order valence-electron chi connectivity index (χ4n) is 6.81. The van der Waals surface area contributed by atoms with Gasteiger partial charge in [-0.1, -0.05) is 44.2 Å². The molecule has 1 aromatic carbocycles. The third-order valence-electron chi connectivity index (χ3n) is 8.89. The second kappa shape index (κ2) is 11.2. The monoisotopic (exact) mass is 465 g/mol. The molecule has 1 N–H and O–H groups in total. The summed E-state index contributed by atoms with van der Waals surface area (Å²) in [6.07, 6.45) is 12.8. The number of rotatable bonds is 5. The highest BCUT2D eigenvalue weighted by Gasteiger charge is 2.36. The minimum Gasteiger partial charge on any atom is -0.360 e. The van der Waals surface area contributed by atoms with Gasteiger partial charge in [-0.05, 0) is 56.6 Å². The molecule has 1 aliphatic carbocycles. The predicted molar refractivity (Wildman–Crippen MR) is 140 cm³/mol. The summed E-state index contributed by atoms with van der Waals surface area (Å²) >= 11 is 0. The van der Waals surface area contributed by atoms with Crippen LogP contribution in [-0.2, 0) is 4.79 Å². The molecule has 186 valence electrons. The van der Waals surface area contributed by atoms with Crippen LogP contribution < -0.4 is 10.2 Å². The van der Waals surface area contributed by atoms with E-state index in [1.807, 2.05) is 17.0 Å². The molecule has 3 heterocycles. The number of fused-ring (bicyclic) bond motifs is 1. The van der Waals surface area contributed by atoms with Gasteiger partial charge in [0.05, 0.1) is 11.4 Å². The summed E-state index contributed by atoms with van der Waals surface area (Å²) in [5.41, 5.74) is 1.88. The van der Waals surface area contributed by atoms with Crippen molar-refractivity contribution in [1.82, 2.24) is 15.1 Å². The maximum absolute atomic E-state index is 12.3. The van der Waals surface area contributed by atoms with Crippen LogP contribution >= 0.6 is 0 Å². The molecule has 6 nitrogen and oxygen atoms in total. The Balaban J connectivity index is 1.25. The van der Waals surface area contributed by atoms with Crippen LogP contribution in [0.4, 0.5) is 11.4 Å². The van der Waals surface area contributed by atoms with Gasteiger partial charge in [-0.3, -0.25) is 4.79 Å². The highest BCUT2D eigenvalue weighted by Crippen LogP contribution is 2.34. The molecule has 0 bridgehead atoms. The molecule has 0 spiro atoms. The van der Waals surface area contributed by atoms with E-state index in [0.717, 1.165) is 93.6 Å². The van der Waals surface area contributed by atoms with Crippen molar-refractivity contribution in [2.75, 3.05) is 44.2 Å². The number of benzene rings is 1. The van der Waals surface area contributed by atoms with Crippen molar-refractivity contribution in [3.05, 3.63) is 24.3 Å². The summed E-state index contributed by atoms with van der Waals surface area (Å²) < 4.78 is 0. The molecule has 0 radical (unpaired) electrons. The van der Waals surface area contributed by atoms with Gasteiger partial charge in [0.25, 0.3) is 0 Å². The number of amides is 1. The second-order valence-electron chi connectivity index (χ2n) is 11.0. The highest BCUT2D eigenvalue weighted by atomic mass is 16.1. The van der Waals surface area contributed by atoms with Gasteiger partial charge in [0.1, 0.15) is 5.84 Å². The van der Waals surface area contributed by atoms with Crippen LogP contribution in [0.5, 0.6) is 0 Å². The van der Waals surface area contributed by atoms with Crippen molar-refractivity contribution >= 4 is 23.6 Å². The van der Waals surface area contributed by atoms with Gasteiger partial charge in [-0.15, -0.1) is 0 Å². The lowest BCUT2D eigenvalue weighted by Gasteiger charge is -2.41. The summed E-state index contributed by atoms with van der Waals surface area (Å²) in [6, 6.07) is 9.23. The molecule has 4 aliphatic rings. The van der Waals surface area contributed by atoms with Crippen molar-refractivity contribution in [3.63, 3.8) is 0 Å². The lowest BCUT2D eigenvalue weighted by Crippen LogP contribution is -2.48. The number of carbonyl (C=O) groups excluding carboxylic acids is 1. The Morgan fingerprint density at radius 1 is 0.971 bits per heavy atom. The molecular formula is C28H43N5O. The number of nitrogens with one attached hydrogen (secondary N) is 1. The maximum atomic E-state index is 12.3. The molecule has 34 heavy (non-hydrogen) atoms. The third-order valence-corrected chi connectivity index (χ3v) is 8.89. The smallest absolute Gasteiger partial charge is 0.214 e. The molecule has 4 fully saturated rings. The SMILES string of the molecule is C/C(=N\c1ccccc1N(C=O)C1CCN(C2CCCCCCC2)CC1)N1CC2CNCC2C1. The zero-order chi connectivity index (χ0) is 23.3. The van der Waals surface area contributed by atoms with E-state index in [9.17, 15) is 4.79 Å². The van der Waals surface area contributed by atoms with Crippen LogP contribution in [0, 0.1) is 11.8 Å². The quantitative estimate of drug-likeness (QED) is 0.397. The fourth-order valence-corrected chi connectivity index (χ4v) is 6.81. The number of nitrogens with zero attached hydrogens (tertiary/aromatic N) is 4. The number of hydrogen-bond acceptors (Lipinski definition) is 4. The zero-order valence-electron chi connectivity index (χ0n) is 21.0. The van der Waals surface area contributed by atoms with E-state index >= 15 is 0 Å². The third kappa shape index (κ3) is 5.33. The molecule has 1 aromatic rings. The van der Waals surface area contributed by atoms with Gasteiger partial charge in [0, 0.05) is 51.4 Å². The zero-order valence-corrected chi connectivity index (χ0v) is 21.0. The van der Waals surface area contributed by atoms with E-state index in [1.165, 1.54) is 44.9 Å². The van der Waals surface area contributed by atoms with Gasteiger partial charge in [-0.25, -0.2) is 4.99 Å². The fraction of sp³-hybridized carbons (Fsp3) is 0.714. The van der Waals surface area contributed by atoms with E-state index < -0.39 is 0 Å². The number of carbonyl (C=O) groups is 1. The first-order chi connectivity index (χ1) is 16.7. The average Bonchev–Trinajstić information content (AvgIpc) is 3.44. The van der Waals surface area contributed by atoms with Crippen LogP contribution in [-0.4, -0.2) is 73.4 Å². The summed E-state index contributed by atoms with van der Waals surface area (Å²) in [7, 11) is 0. The Kier molecular flexibility index (Phi) is 7.85. The van der Waals surface area contributed by atoms with Gasteiger partial charge in [0.15, 0.2) is 0 Å². The number of aliphatic imine (C=N–C) groups is 1. The van der Waals surface area contributed by atoms with Crippen molar-refractivity contribution < 1.29 is 4.79 Å². The largest absolute Gasteiger partial charge is 0.360 e. The normalized spacial score (nSPS) is 27.9. The number of amidine groups is 1. The Morgan fingerprint density at radius 3 is 2.29 bits per heavy atom. The number of para-hydroxylation sites is 2. The summed E-state index contributed by atoms with van der Waals surface area (Å²) in [5, 5.41) is 3.52. The molecule has 0 aromatic heterocycles. The minimum atomic E-state index is 0.260. The Hall–Kier alpha value is -1.92. The first-order valence-electron chi connectivity index (χ1n) is 13.8. The molecule has 3 saturated heterocycles. The van der Waals surface area contributed by atoms with Crippen LogP contribution in [0.1, 0.15) is 64.7 Å². The van der Waals surface area contributed by atoms with Gasteiger partial charge >= 0.3 is 0 Å².